The zero-order chi connectivity index (χ0) is 9.97. The molecule has 2 heteroatoms. The quantitative estimate of drug-likeness (QED) is 0.676. The average Bonchev–Trinajstić information content (AvgIpc) is 2.23. The van der Waals surface area contributed by atoms with E-state index in [1.165, 1.54) is 25.2 Å². The Morgan fingerprint density at radius 2 is 1.93 bits per heavy atom. The van der Waals surface area contributed by atoms with Crippen molar-refractivity contribution in [1.82, 2.24) is 4.98 Å². The van der Waals surface area contributed by atoms with Crippen LogP contribution in [-0.2, 0) is 0 Å². The highest BCUT2D eigenvalue weighted by Gasteiger charge is 2.22. The molecule has 0 saturated carbocycles. The third kappa shape index (κ3) is 1.89. The zero-order valence-electron chi connectivity index (χ0n) is 8.98. The number of piperidine rings is 1. The molecule has 0 radical (unpaired) electrons. The maximum atomic E-state index is 4.05. The monoisotopic (exact) mass is 190 g/mol. The smallest absolute Gasteiger partial charge is 0.0397 e. The third-order valence-corrected chi connectivity index (χ3v) is 3.36. The molecule has 2 atom stereocenters. The minimum Gasteiger partial charge on any atom is -0.371 e. The fraction of sp³-hybridized carbons (Fsp3) is 0.583. The summed E-state index contributed by atoms with van der Waals surface area (Å²) < 4.78 is 0. The van der Waals surface area contributed by atoms with Crippen LogP contribution in [0, 0.1) is 11.8 Å². The van der Waals surface area contributed by atoms with Gasteiger partial charge in [-0.2, -0.15) is 0 Å². The van der Waals surface area contributed by atoms with Crippen molar-refractivity contribution >= 4 is 5.69 Å². The molecule has 0 amide bonds. The average molecular weight is 190 g/mol. The second kappa shape index (κ2) is 3.99. The Kier molecular flexibility index (Phi) is 2.71. The van der Waals surface area contributed by atoms with Gasteiger partial charge < -0.3 is 4.90 Å². The molecule has 1 aliphatic heterocycles. The first-order valence-electron chi connectivity index (χ1n) is 5.42. The summed E-state index contributed by atoms with van der Waals surface area (Å²) in [5.74, 6) is 1.67. The molecule has 76 valence electrons. The van der Waals surface area contributed by atoms with Gasteiger partial charge in [0, 0.05) is 31.2 Å². The fourth-order valence-electron chi connectivity index (χ4n) is 2.05. The first-order chi connectivity index (χ1) is 6.77. The lowest BCUT2D eigenvalue weighted by Gasteiger charge is -2.36. The van der Waals surface area contributed by atoms with Crippen molar-refractivity contribution < 1.29 is 0 Å². The number of anilines is 1. The first kappa shape index (κ1) is 9.50. The summed E-state index contributed by atoms with van der Waals surface area (Å²) in [5, 5.41) is 0. The molecule has 0 aliphatic carbocycles. The van der Waals surface area contributed by atoms with Gasteiger partial charge in [-0.25, -0.2) is 0 Å². The summed E-state index contributed by atoms with van der Waals surface area (Å²) in [7, 11) is 0. The molecule has 2 rings (SSSR count). The molecule has 2 nitrogen and oxygen atoms in total. The van der Waals surface area contributed by atoms with E-state index in [0.29, 0.717) is 0 Å². The van der Waals surface area contributed by atoms with Gasteiger partial charge in [-0.15, -0.1) is 0 Å². The molecule has 0 aromatic carbocycles. The second-order valence-electron chi connectivity index (χ2n) is 4.39. The lowest BCUT2D eigenvalue weighted by molar-refractivity contribution is 0.324. The lowest BCUT2D eigenvalue weighted by Crippen LogP contribution is -2.38. The Balaban J connectivity index is 2.07. The maximum Gasteiger partial charge on any atom is 0.0397 e. The number of rotatable bonds is 1. The Labute approximate surface area is 86.0 Å². The number of pyridine rings is 1. The van der Waals surface area contributed by atoms with E-state index in [-0.39, 0.29) is 0 Å². The fourth-order valence-corrected chi connectivity index (χ4v) is 2.05. The Bertz CT molecular complexity index is 284. The molecule has 1 fully saturated rings. The van der Waals surface area contributed by atoms with Crippen molar-refractivity contribution in [1.29, 1.82) is 0 Å². The van der Waals surface area contributed by atoms with Crippen LogP contribution in [0.15, 0.2) is 24.5 Å². The highest BCUT2D eigenvalue weighted by Crippen LogP contribution is 2.26. The molecule has 1 aliphatic rings. The van der Waals surface area contributed by atoms with E-state index >= 15 is 0 Å². The van der Waals surface area contributed by atoms with Crippen LogP contribution in [-0.4, -0.2) is 18.1 Å². The molecule has 2 unspecified atom stereocenters. The van der Waals surface area contributed by atoms with Crippen molar-refractivity contribution in [3.05, 3.63) is 24.5 Å². The summed E-state index contributed by atoms with van der Waals surface area (Å²) in [6.07, 6.45) is 5.06. The lowest BCUT2D eigenvalue weighted by atomic mass is 9.88. The van der Waals surface area contributed by atoms with Gasteiger partial charge in [0.1, 0.15) is 0 Å². The SMILES string of the molecule is CC1CCN(c2ccncc2)CC1C. The molecule has 14 heavy (non-hydrogen) atoms. The highest BCUT2D eigenvalue weighted by atomic mass is 15.1. The summed E-state index contributed by atoms with van der Waals surface area (Å²) in [4.78, 5) is 6.51. The Morgan fingerprint density at radius 3 is 2.57 bits per heavy atom. The second-order valence-corrected chi connectivity index (χ2v) is 4.39. The minimum absolute atomic E-state index is 0.803. The largest absolute Gasteiger partial charge is 0.371 e. The van der Waals surface area contributed by atoms with Crippen LogP contribution in [0.5, 0.6) is 0 Å². The highest BCUT2D eigenvalue weighted by molar-refractivity contribution is 5.44. The summed E-state index contributed by atoms with van der Waals surface area (Å²) >= 11 is 0. The maximum absolute atomic E-state index is 4.05. The first-order valence-corrected chi connectivity index (χ1v) is 5.42. The van der Waals surface area contributed by atoms with E-state index in [1.807, 2.05) is 12.4 Å². The predicted octanol–water partition coefficient (Wildman–Crippen LogP) is 2.56. The molecule has 0 spiro atoms. The molecule has 1 saturated heterocycles. The van der Waals surface area contributed by atoms with Crippen LogP contribution < -0.4 is 4.90 Å². The zero-order valence-corrected chi connectivity index (χ0v) is 8.98. The predicted molar refractivity (Wildman–Crippen MR) is 59.4 cm³/mol. The van der Waals surface area contributed by atoms with Crippen LogP contribution in [0.25, 0.3) is 0 Å². The topological polar surface area (TPSA) is 16.1 Å². The van der Waals surface area contributed by atoms with Gasteiger partial charge in [-0.05, 0) is 30.4 Å². The number of hydrogen-bond donors (Lipinski definition) is 0. The van der Waals surface area contributed by atoms with Gasteiger partial charge in [0.25, 0.3) is 0 Å². The van der Waals surface area contributed by atoms with Crippen molar-refractivity contribution in [3.8, 4) is 0 Å². The van der Waals surface area contributed by atoms with Gasteiger partial charge in [-0.1, -0.05) is 13.8 Å². The van der Waals surface area contributed by atoms with E-state index < -0.39 is 0 Å². The van der Waals surface area contributed by atoms with E-state index in [1.54, 1.807) is 0 Å². The van der Waals surface area contributed by atoms with E-state index in [9.17, 15) is 0 Å². The molecule has 1 aromatic rings. The van der Waals surface area contributed by atoms with Crippen LogP contribution in [0.3, 0.4) is 0 Å². The summed E-state index contributed by atoms with van der Waals surface area (Å²) in [6, 6.07) is 4.20. The molecular weight excluding hydrogens is 172 g/mol. The van der Waals surface area contributed by atoms with E-state index in [0.717, 1.165) is 11.8 Å². The Morgan fingerprint density at radius 1 is 1.21 bits per heavy atom. The van der Waals surface area contributed by atoms with Crippen molar-refractivity contribution in [3.63, 3.8) is 0 Å². The van der Waals surface area contributed by atoms with Gasteiger partial charge in [0.05, 0.1) is 0 Å². The van der Waals surface area contributed by atoms with E-state index in [4.69, 9.17) is 0 Å². The third-order valence-electron chi connectivity index (χ3n) is 3.36. The molecule has 2 heterocycles. The Hall–Kier alpha value is -1.05. The minimum atomic E-state index is 0.803. The van der Waals surface area contributed by atoms with Gasteiger partial charge in [0.2, 0.25) is 0 Å². The number of hydrogen-bond acceptors (Lipinski definition) is 2. The molecule has 0 N–H and O–H groups in total. The van der Waals surface area contributed by atoms with Gasteiger partial charge in [-0.3, -0.25) is 4.98 Å². The molecule has 1 aromatic heterocycles. The van der Waals surface area contributed by atoms with Crippen molar-refractivity contribution in [2.45, 2.75) is 20.3 Å². The standard InChI is InChI=1S/C12H18N2/c1-10-5-8-14(9-11(10)2)12-3-6-13-7-4-12/h3-4,6-7,10-11H,5,8-9H2,1-2H3. The van der Waals surface area contributed by atoms with E-state index in [2.05, 4.69) is 35.9 Å². The van der Waals surface area contributed by atoms with Crippen molar-refractivity contribution in [2.24, 2.45) is 11.8 Å². The molecular formula is C12H18N2. The van der Waals surface area contributed by atoms with Crippen LogP contribution in [0.1, 0.15) is 20.3 Å². The molecule has 0 bridgehead atoms. The van der Waals surface area contributed by atoms with Crippen LogP contribution in [0.4, 0.5) is 5.69 Å². The van der Waals surface area contributed by atoms with Gasteiger partial charge >= 0.3 is 0 Å². The summed E-state index contributed by atoms with van der Waals surface area (Å²) in [5.41, 5.74) is 1.32. The van der Waals surface area contributed by atoms with Crippen LogP contribution >= 0.6 is 0 Å². The van der Waals surface area contributed by atoms with Crippen LogP contribution in [0.2, 0.25) is 0 Å². The van der Waals surface area contributed by atoms with Gasteiger partial charge in [0.15, 0.2) is 0 Å². The number of nitrogens with zero attached hydrogens (tertiary/aromatic N) is 2. The summed E-state index contributed by atoms with van der Waals surface area (Å²) in [6.45, 7) is 7.08. The number of aromatic nitrogens is 1. The normalized spacial score (nSPS) is 27.7. The van der Waals surface area contributed by atoms with Crippen molar-refractivity contribution in [2.75, 3.05) is 18.0 Å².